The molecular formula is C48H64F6O10SSi2. The molecule has 0 N–H and O–H groups in total. The van der Waals surface area contributed by atoms with E-state index in [4.69, 9.17) is 36.0 Å². The fraction of sp³-hybridized carbons (Fsp3) is 0.500. The highest BCUT2D eigenvalue weighted by Gasteiger charge is 2.41. The van der Waals surface area contributed by atoms with Gasteiger partial charge < -0.3 is 36.0 Å². The summed E-state index contributed by atoms with van der Waals surface area (Å²) in [7, 11) is -10.2. The number of alkyl halides is 6. The van der Waals surface area contributed by atoms with Crippen LogP contribution in [0.4, 0.5) is 26.3 Å². The second kappa shape index (κ2) is 26.3. The molecular weight excluding hydrogens is 939 g/mol. The SMILES string of the molecule is CCO[Si](CCCCOc1ccc(S(=O)(=O)c2ccc(OCCCC[Si](OCC)(OCC)OCC)cc2Cc2ccc(C(F)(F)F)cc2)c(Cc2ccc(C(F)(F)F)cc2)c1)(OCC)OCC. The van der Waals surface area contributed by atoms with Crippen molar-refractivity contribution in [3.8, 4) is 11.5 Å². The van der Waals surface area contributed by atoms with E-state index in [-0.39, 0.29) is 47.0 Å². The van der Waals surface area contributed by atoms with Crippen LogP contribution in [-0.2, 0) is 61.6 Å². The zero-order valence-electron chi connectivity index (χ0n) is 39.2. The van der Waals surface area contributed by atoms with Gasteiger partial charge in [-0.3, -0.25) is 0 Å². The Morgan fingerprint density at radius 1 is 0.448 bits per heavy atom. The first-order valence-corrected chi connectivity index (χ1v) is 28.1. The normalized spacial score (nSPS) is 12.7. The van der Waals surface area contributed by atoms with E-state index in [1.165, 1.54) is 48.5 Å². The van der Waals surface area contributed by atoms with Gasteiger partial charge in [-0.05, 0) is 163 Å². The van der Waals surface area contributed by atoms with Gasteiger partial charge in [0.25, 0.3) is 0 Å². The van der Waals surface area contributed by atoms with Crippen molar-refractivity contribution in [2.75, 3.05) is 52.9 Å². The van der Waals surface area contributed by atoms with E-state index >= 15 is 0 Å². The van der Waals surface area contributed by atoms with Crippen LogP contribution in [-0.4, -0.2) is 78.9 Å². The Bertz CT molecular complexity index is 2030. The van der Waals surface area contributed by atoms with Crippen molar-refractivity contribution in [3.63, 3.8) is 0 Å². The quantitative estimate of drug-likeness (QED) is 0.0285. The minimum atomic E-state index is -4.57. The Labute approximate surface area is 393 Å². The summed E-state index contributed by atoms with van der Waals surface area (Å²) in [6.45, 7) is 14.4. The molecule has 10 nitrogen and oxygen atoms in total. The molecule has 0 aliphatic carbocycles. The van der Waals surface area contributed by atoms with Crippen LogP contribution in [0.25, 0.3) is 0 Å². The molecule has 0 aromatic heterocycles. The predicted octanol–water partition coefficient (Wildman–Crippen LogP) is 12.2. The lowest BCUT2D eigenvalue weighted by atomic mass is 10.0. The summed E-state index contributed by atoms with van der Waals surface area (Å²) < 4.78 is 159. The van der Waals surface area contributed by atoms with Crippen molar-refractivity contribution in [1.82, 2.24) is 0 Å². The molecule has 0 saturated heterocycles. The molecule has 67 heavy (non-hydrogen) atoms. The van der Waals surface area contributed by atoms with Crippen LogP contribution in [0.15, 0.2) is 94.7 Å². The summed E-state index contributed by atoms with van der Waals surface area (Å²) >= 11 is 0. The third kappa shape index (κ3) is 16.7. The summed E-state index contributed by atoms with van der Waals surface area (Å²) in [5.74, 6) is 0.697. The second-order valence-electron chi connectivity index (χ2n) is 15.4. The number of hydrogen-bond acceptors (Lipinski definition) is 10. The molecule has 0 bridgehead atoms. The van der Waals surface area contributed by atoms with Crippen LogP contribution in [0.2, 0.25) is 12.1 Å². The van der Waals surface area contributed by atoms with Crippen molar-refractivity contribution in [1.29, 1.82) is 0 Å². The summed E-state index contributed by atoms with van der Waals surface area (Å²) in [5.41, 5.74) is -0.333. The maximum Gasteiger partial charge on any atom is 0.500 e. The van der Waals surface area contributed by atoms with Crippen molar-refractivity contribution in [2.45, 2.75) is 114 Å². The van der Waals surface area contributed by atoms with Gasteiger partial charge in [-0.1, -0.05) is 24.3 Å². The van der Waals surface area contributed by atoms with Crippen LogP contribution < -0.4 is 9.47 Å². The van der Waals surface area contributed by atoms with Crippen LogP contribution in [0.1, 0.15) is 101 Å². The zero-order valence-corrected chi connectivity index (χ0v) is 42.0. The fourth-order valence-corrected chi connectivity index (χ4v) is 14.6. The lowest BCUT2D eigenvalue weighted by molar-refractivity contribution is -0.138. The molecule has 19 heteroatoms. The fourth-order valence-electron chi connectivity index (χ4n) is 7.54. The van der Waals surface area contributed by atoms with E-state index in [0.717, 1.165) is 24.3 Å². The third-order valence-electron chi connectivity index (χ3n) is 10.5. The third-order valence-corrected chi connectivity index (χ3v) is 18.7. The molecule has 0 spiro atoms. The van der Waals surface area contributed by atoms with E-state index < -0.39 is 50.9 Å². The van der Waals surface area contributed by atoms with Gasteiger partial charge in [0, 0.05) is 51.7 Å². The van der Waals surface area contributed by atoms with E-state index in [1.54, 1.807) is 12.1 Å². The van der Waals surface area contributed by atoms with E-state index in [9.17, 15) is 34.8 Å². The molecule has 0 heterocycles. The first kappa shape index (κ1) is 55.8. The molecule has 0 amide bonds. The molecule has 0 saturated carbocycles. The number of halogens is 6. The number of rotatable bonds is 30. The van der Waals surface area contributed by atoms with Crippen LogP contribution in [0.3, 0.4) is 0 Å². The number of benzene rings is 4. The summed E-state index contributed by atoms with van der Waals surface area (Å²) in [4.78, 5) is -0.234. The number of ether oxygens (including phenoxy) is 2. The average molecular weight is 1000 g/mol. The van der Waals surface area contributed by atoms with E-state index in [2.05, 4.69) is 0 Å². The Balaban J connectivity index is 1.67. The number of unbranched alkanes of at least 4 members (excludes halogenated alkanes) is 2. The van der Waals surface area contributed by atoms with Crippen LogP contribution in [0.5, 0.6) is 11.5 Å². The van der Waals surface area contributed by atoms with Crippen LogP contribution in [0, 0.1) is 0 Å². The topological polar surface area (TPSA) is 108 Å². The van der Waals surface area contributed by atoms with Gasteiger partial charge in [-0.2, -0.15) is 26.3 Å². The first-order chi connectivity index (χ1) is 31.9. The van der Waals surface area contributed by atoms with Gasteiger partial charge in [0.2, 0.25) is 9.84 Å². The molecule has 4 aromatic carbocycles. The second-order valence-corrected chi connectivity index (χ2v) is 22.7. The smallest absolute Gasteiger partial charge is 0.494 e. The molecule has 4 aromatic rings. The number of hydrogen-bond donors (Lipinski definition) is 0. The van der Waals surface area contributed by atoms with Gasteiger partial charge in [0.1, 0.15) is 11.5 Å². The van der Waals surface area contributed by atoms with Gasteiger partial charge in [0.15, 0.2) is 0 Å². The van der Waals surface area contributed by atoms with E-state index in [0.29, 0.717) is 100 Å². The molecule has 4 rings (SSSR count). The maximum atomic E-state index is 14.9. The Hall–Kier alpha value is -3.80. The van der Waals surface area contributed by atoms with Gasteiger partial charge in [0.05, 0.1) is 34.1 Å². The highest BCUT2D eigenvalue weighted by Crippen LogP contribution is 2.36. The van der Waals surface area contributed by atoms with Gasteiger partial charge in [-0.25, -0.2) is 8.42 Å². The zero-order chi connectivity index (χ0) is 49.1. The predicted molar refractivity (Wildman–Crippen MR) is 247 cm³/mol. The largest absolute Gasteiger partial charge is 0.500 e. The van der Waals surface area contributed by atoms with Crippen molar-refractivity contribution >= 4 is 27.4 Å². The van der Waals surface area contributed by atoms with Crippen LogP contribution >= 0.6 is 0 Å². The molecule has 0 aliphatic heterocycles. The Morgan fingerprint density at radius 2 is 0.761 bits per heavy atom. The minimum Gasteiger partial charge on any atom is -0.494 e. The summed E-state index contributed by atoms with van der Waals surface area (Å²) in [6.07, 6.45) is -6.76. The molecule has 0 unspecified atom stereocenters. The van der Waals surface area contributed by atoms with Gasteiger partial charge >= 0.3 is 30.0 Å². The lowest BCUT2D eigenvalue weighted by Crippen LogP contribution is -2.45. The minimum absolute atomic E-state index is 0.0649. The van der Waals surface area contributed by atoms with Gasteiger partial charge in [-0.15, -0.1) is 0 Å². The Kier molecular flexibility index (Phi) is 21.9. The number of sulfone groups is 1. The van der Waals surface area contributed by atoms with Crippen molar-refractivity contribution < 1.29 is 70.8 Å². The highest BCUT2D eigenvalue weighted by molar-refractivity contribution is 7.91. The molecule has 0 fully saturated rings. The molecule has 0 radical (unpaired) electrons. The molecule has 372 valence electrons. The van der Waals surface area contributed by atoms with Crippen molar-refractivity contribution in [2.24, 2.45) is 0 Å². The van der Waals surface area contributed by atoms with Crippen molar-refractivity contribution in [3.05, 3.63) is 118 Å². The first-order valence-electron chi connectivity index (χ1n) is 22.8. The molecule has 0 atom stereocenters. The maximum absolute atomic E-state index is 14.9. The van der Waals surface area contributed by atoms with E-state index in [1.807, 2.05) is 41.5 Å². The highest BCUT2D eigenvalue weighted by atomic mass is 32.2. The lowest BCUT2D eigenvalue weighted by Gasteiger charge is -2.28. The Morgan fingerprint density at radius 3 is 1.04 bits per heavy atom. The summed E-state index contributed by atoms with van der Waals surface area (Å²) in [6, 6.07) is 19.1. The average Bonchev–Trinajstić information content (AvgIpc) is 3.26. The summed E-state index contributed by atoms with van der Waals surface area (Å²) in [5, 5.41) is 0. The molecule has 0 aliphatic rings. The monoisotopic (exact) mass is 1000 g/mol. The standard InChI is InChI=1S/C48H64F6O10SSi2/c1-7-59-66(60-8-2,61-9-3)31-15-13-29-57-43-25-27-45(39(35-43)33-37-17-21-41(22-18-37)47(49,50)51)65(55,56)46-28-26-44(36-40(46)34-38-19-23-42(24-20-38)48(52,53)54)58-30-14-16-32-67(62-10-4,63-11-5)64-12-6/h17-28,35-36H,7-16,29-34H2,1-6H3.